The molecule has 1 aromatic heterocycles. The van der Waals surface area contributed by atoms with Crippen LogP contribution in [0.4, 0.5) is 0 Å². The van der Waals surface area contributed by atoms with Crippen molar-refractivity contribution in [2.45, 2.75) is 53.4 Å². The quantitative estimate of drug-likeness (QED) is 0.313. The summed E-state index contributed by atoms with van der Waals surface area (Å²) in [5.41, 5.74) is 7.02. The number of aromatic amines is 1. The second-order valence-electron chi connectivity index (χ2n) is 10.6. The zero-order chi connectivity index (χ0) is 31.6. The first-order valence-electron chi connectivity index (χ1n) is 13.9. The van der Waals surface area contributed by atoms with Gasteiger partial charge in [-0.2, -0.15) is 0 Å². The Balaban J connectivity index is 1.83. The van der Waals surface area contributed by atoms with Gasteiger partial charge in [-0.05, 0) is 86.6 Å². The fourth-order valence-electron chi connectivity index (χ4n) is 5.36. The van der Waals surface area contributed by atoms with Gasteiger partial charge in [0.1, 0.15) is 0 Å². The molecule has 10 nitrogen and oxygen atoms in total. The number of carboxylic acid groups (broad SMARTS) is 2. The third-order valence-corrected chi connectivity index (χ3v) is 7.93. The molecule has 0 saturated heterocycles. The number of carbonyl (C=O) groups excluding carboxylic acids is 2. The Bertz CT molecular complexity index is 1810. The van der Waals surface area contributed by atoms with E-state index in [1.807, 2.05) is 32.9 Å². The number of carboxylic acids is 2. The molecule has 2 amide bonds. The van der Waals surface area contributed by atoms with Crippen molar-refractivity contribution >= 4 is 53.4 Å². The number of aromatic nitrogens is 1. The molecule has 3 aliphatic heterocycles. The maximum Gasteiger partial charge on any atom is 0.303 e. The Kier molecular flexibility index (Phi) is 8.89. The minimum atomic E-state index is -0.988. The molecule has 222 valence electrons. The van der Waals surface area contributed by atoms with Gasteiger partial charge in [0.15, 0.2) is 0 Å². The van der Waals surface area contributed by atoms with Crippen LogP contribution >= 0.6 is 0 Å². The molecule has 3 aliphatic rings. The molecule has 1 aromatic rings. The summed E-state index contributed by atoms with van der Waals surface area (Å²) in [5, 5.41) is 22.9. The first-order valence-corrected chi connectivity index (χ1v) is 13.9. The van der Waals surface area contributed by atoms with Crippen LogP contribution in [0.25, 0.3) is 18.2 Å². The van der Waals surface area contributed by atoms with Gasteiger partial charge in [0, 0.05) is 40.4 Å². The van der Waals surface area contributed by atoms with Gasteiger partial charge in [0.2, 0.25) is 5.91 Å². The molecule has 10 heteroatoms. The van der Waals surface area contributed by atoms with Crippen molar-refractivity contribution in [3.05, 3.63) is 86.4 Å². The number of aliphatic carboxylic acids is 2. The van der Waals surface area contributed by atoms with Crippen LogP contribution < -0.4 is 16.0 Å². The predicted octanol–water partition coefficient (Wildman–Crippen LogP) is 3.42. The number of hydrogen-bond acceptors (Lipinski definition) is 5. The lowest BCUT2D eigenvalue weighted by Gasteiger charge is -2.06. The van der Waals surface area contributed by atoms with Crippen LogP contribution in [0.2, 0.25) is 0 Å². The van der Waals surface area contributed by atoms with Gasteiger partial charge in [0.25, 0.3) is 5.91 Å². The van der Waals surface area contributed by atoms with Crippen molar-refractivity contribution in [2.24, 2.45) is 15.9 Å². The van der Waals surface area contributed by atoms with Crippen LogP contribution in [-0.2, 0) is 19.2 Å². The van der Waals surface area contributed by atoms with Gasteiger partial charge in [-0.25, -0.2) is 9.98 Å². The number of rotatable bonds is 11. The minimum absolute atomic E-state index is 0.0971. The zero-order valence-electron chi connectivity index (χ0n) is 24.6. The van der Waals surface area contributed by atoms with Crippen LogP contribution in [0.15, 0.2) is 74.6 Å². The van der Waals surface area contributed by atoms with E-state index < -0.39 is 17.8 Å². The number of nitrogens with one attached hydrogen (secondary N) is 2. The van der Waals surface area contributed by atoms with Crippen molar-refractivity contribution < 1.29 is 29.4 Å². The fourth-order valence-corrected chi connectivity index (χ4v) is 5.36. The van der Waals surface area contributed by atoms with Crippen LogP contribution in [0, 0.1) is 12.8 Å². The Morgan fingerprint density at radius 2 is 1.51 bits per heavy atom. The highest BCUT2D eigenvalue weighted by atomic mass is 16.4. The zero-order valence-corrected chi connectivity index (χ0v) is 24.6. The number of aliphatic imine (C=N–C) groups is 2. The third-order valence-electron chi connectivity index (χ3n) is 7.93. The number of hydrogen-bond donors (Lipinski definition) is 4. The Hall–Kier alpha value is -5.12. The molecule has 1 atom stereocenters. The summed E-state index contributed by atoms with van der Waals surface area (Å²) in [6.07, 6.45) is 8.81. The SMILES string of the molecule is C=CC1=C(/C=c2\[nH]/c(=C\C3=NC(=C\C4=NC(=O)C(C)=C4CCC(=O)O)/C(CCC(=O)O)=C3C)c(C=C)c2C)NC(=O)C1C. The highest BCUT2D eigenvalue weighted by molar-refractivity contribution is 6.26. The molecule has 0 saturated carbocycles. The summed E-state index contributed by atoms with van der Waals surface area (Å²) in [6, 6.07) is 0. The lowest BCUT2D eigenvalue weighted by molar-refractivity contribution is -0.137. The summed E-state index contributed by atoms with van der Waals surface area (Å²) >= 11 is 0. The molecule has 0 fully saturated rings. The smallest absolute Gasteiger partial charge is 0.303 e. The number of nitrogens with zero attached hydrogens (tertiary/aromatic N) is 2. The average Bonchev–Trinajstić information content (AvgIpc) is 3.59. The van der Waals surface area contributed by atoms with Crippen molar-refractivity contribution in [3.63, 3.8) is 0 Å². The van der Waals surface area contributed by atoms with E-state index in [4.69, 9.17) is 4.99 Å². The normalized spacial score (nSPS) is 20.5. The molecule has 0 aliphatic carbocycles. The van der Waals surface area contributed by atoms with Gasteiger partial charge in [-0.15, -0.1) is 0 Å². The van der Waals surface area contributed by atoms with Crippen LogP contribution in [-0.4, -0.2) is 50.4 Å². The molecule has 1 unspecified atom stereocenters. The third kappa shape index (κ3) is 6.23. The van der Waals surface area contributed by atoms with Gasteiger partial charge in [0.05, 0.1) is 23.0 Å². The molecule has 4 rings (SSSR count). The summed E-state index contributed by atoms with van der Waals surface area (Å²) in [4.78, 5) is 59.6. The van der Waals surface area contributed by atoms with Crippen molar-refractivity contribution in [2.75, 3.05) is 0 Å². The van der Waals surface area contributed by atoms with E-state index in [1.165, 1.54) is 0 Å². The average molecular weight is 583 g/mol. The molecule has 43 heavy (non-hydrogen) atoms. The first-order chi connectivity index (χ1) is 20.4. The maximum atomic E-state index is 12.4. The molecular weight excluding hydrogens is 548 g/mol. The molecule has 0 radical (unpaired) electrons. The van der Waals surface area contributed by atoms with Gasteiger partial charge in [-0.3, -0.25) is 19.2 Å². The molecule has 0 aromatic carbocycles. The van der Waals surface area contributed by atoms with Crippen LogP contribution in [0.5, 0.6) is 0 Å². The lowest BCUT2D eigenvalue weighted by Crippen LogP contribution is -2.20. The van der Waals surface area contributed by atoms with Crippen LogP contribution in [0.1, 0.15) is 57.6 Å². The van der Waals surface area contributed by atoms with Crippen molar-refractivity contribution in [3.8, 4) is 0 Å². The van der Waals surface area contributed by atoms with E-state index in [0.29, 0.717) is 39.5 Å². The highest BCUT2D eigenvalue weighted by Crippen LogP contribution is 2.32. The summed E-state index contributed by atoms with van der Waals surface area (Å²) < 4.78 is 0. The van der Waals surface area contributed by atoms with Gasteiger partial charge >= 0.3 is 11.9 Å². The topological polar surface area (TPSA) is 161 Å². The standard InChI is InChI=1S/C33H34N4O6/c1-7-20-16(3)24(14-27-21(8-2)18(5)32(42)36-27)34-26(20)13-25-17(4)22(9-11-30(38)39)28(35-25)15-29-23(10-12-31(40)41)19(6)33(43)37-29/h7-8,13-15,18,34H,1-2,9-12H2,3-6H3,(H,36,42)(H,38,39)(H,40,41)/b24-14-,26-13-,28-15-. The molecule has 0 bridgehead atoms. The number of carbonyl (C=O) groups is 4. The Morgan fingerprint density at radius 1 is 0.860 bits per heavy atom. The lowest BCUT2D eigenvalue weighted by atomic mass is 9.97. The van der Waals surface area contributed by atoms with Crippen molar-refractivity contribution in [1.29, 1.82) is 0 Å². The van der Waals surface area contributed by atoms with E-state index in [9.17, 15) is 29.4 Å². The molecule has 4 heterocycles. The predicted molar refractivity (Wildman–Crippen MR) is 165 cm³/mol. The highest BCUT2D eigenvalue weighted by Gasteiger charge is 2.27. The van der Waals surface area contributed by atoms with E-state index in [-0.39, 0.29) is 37.5 Å². The summed E-state index contributed by atoms with van der Waals surface area (Å²) in [7, 11) is 0. The Labute approximate surface area is 248 Å². The summed E-state index contributed by atoms with van der Waals surface area (Å²) in [6.45, 7) is 15.0. The maximum absolute atomic E-state index is 12.4. The first kappa shape index (κ1) is 30.8. The van der Waals surface area contributed by atoms with E-state index >= 15 is 0 Å². The number of H-pyrrole nitrogens is 1. The largest absolute Gasteiger partial charge is 0.481 e. The molecule has 0 spiro atoms. The van der Waals surface area contributed by atoms with Crippen molar-refractivity contribution in [1.82, 2.24) is 10.3 Å². The minimum Gasteiger partial charge on any atom is -0.481 e. The van der Waals surface area contributed by atoms with E-state index in [1.54, 1.807) is 25.2 Å². The second-order valence-corrected chi connectivity index (χ2v) is 10.6. The molecular formula is C33H34N4O6. The van der Waals surface area contributed by atoms with E-state index in [0.717, 1.165) is 33.0 Å². The van der Waals surface area contributed by atoms with Gasteiger partial charge in [-0.1, -0.05) is 25.3 Å². The summed E-state index contributed by atoms with van der Waals surface area (Å²) in [5.74, 6) is -2.78. The fraction of sp³-hybridized carbons (Fsp3) is 0.273. The number of allylic oxidation sites excluding steroid dienone is 6. The van der Waals surface area contributed by atoms with Crippen LogP contribution in [0.3, 0.4) is 0 Å². The van der Waals surface area contributed by atoms with Gasteiger partial charge < -0.3 is 20.5 Å². The monoisotopic (exact) mass is 582 g/mol. The Morgan fingerprint density at radius 3 is 2.12 bits per heavy atom. The number of amides is 2. The van der Waals surface area contributed by atoms with E-state index in [2.05, 4.69) is 28.5 Å². The molecule has 4 N–H and O–H groups in total. The second kappa shape index (κ2) is 12.4.